The average Bonchev–Trinajstić information content (AvgIpc) is 2.94. The second-order valence-electron chi connectivity index (χ2n) is 6.00. The van der Waals surface area contributed by atoms with E-state index in [0.29, 0.717) is 17.7 Å². The van der Waals surface area contributed by atoms with Crippen LogP contribution in [0.15, 0.2) is 24.3 Å². The Hall–Kier alpha value is -1.95. The van der Waals surface area contributed by atoms with Crippen LogP contribution in [0.5, 0.6) is 0 Å². The maximum Gasteiger partial charge on any atom is 0.224 e. The highest BCUT2D eigenvalue weighted by atomic mass is 32.1. The van der Waals surface area contributed by atoms with Gasteiger partial charge in [-0.1, -0.05) is 43.7 Å². The van der Waals surface area contributed by atoms with Gasteiger partial charge in [-0.05, 0) is 32.0 Å². The van der Waals surface area contributed by atoms with E-state index in [1.54, 1.807) is 0 Å². The number of nitrogens with zero attached hydrogens (tertiary/aromatic N) is 3. The first-order valence-corrected chi connectivity index (χ1v) is 8.97. The minimum Gasteiger partial charge on any atom is -0.343 e. The van der Waals surface area contributed by atoms with Crippen LogP contribution >= 0.6 is 12.2 Å². The SMILES string of the molecule is CCCN(CCC)C(=O)CCn1c(-c2ccc(C)cc2)n[nH]c1=S. The number of aryl methyl sites for hydroxylation is 1. The number of benzene rings is 1. The fourth-order valence-corrected chi connectivity index (χ4v) is 2.94. The third kappa shape index (κ3) is 4.54. The standard InChI is InChI=1S/C18H26N4OS/c1-4-11-21(12-5-2)16(23)10-13-22-17(19-20-18(22)24)15-8-6-14(3)7-9-15/h6-9H,4-5,10-13H2,1-3H3,(H,20,24). The Balaban J connectivity index is 2.13. The van der Waals surface area contributed by atoms with Gasteiger partial charge in [-0.25, -0.2) is 0 Å². The number of hydrogen-bond acceptors (Lipinski definition) is 3. The molecule has 130 valence electrons. The van der Waals surface area contributed by atoms with Gasteiger partial charge in [0.1, 0.15) is 0 Å². The third-order valence-corrected chi connectivity index (χ3v) is 4.27. The van der Waals surface area contributed by atoms with Crippen molar-refractivity contribution in [3.8, 4) is 11.4 Å². The summed E-state index contributed by atoms with van der Waals surface area (Å²) in [5, 5.41) is 7.18. The van der Waals surface area contributed by atoms with E-state index >= 15 is 0 Å². The van der Waals surface area contributed by atoms with Gasteiger partial charge in [-0.2, -0.15) is 5.10 Å². The van der Waals surface area contributed by atoms with Crippen molar-refractivity contribution in [3.63, 3.8) is 0 Å². The lowest BCUT2D eigenvalue weighted by Gasteiger charge is -2.21. The molecule has 0 fully saturated rings. The van der Waals surface area contributed by atoms with Crippen molar-refractivity contribution in [2.75, 3.05) is 13.1 Å². The van der Waals surface area contributed by atoms with Crippen molar-refractivity contribution in [2.24, 2.45) is 0 Å². The number of nitrogens with one attached hydrogen (secondary N) is 1. The van der Waals surface area contributed by atoms with Crippen LogP contribution < -0.4 is 0 Å². The number of rotatable bonds is 8. The molecule has 24 heavy (non-hydrogen) atoms. The second-order valence-corrected chi connectivity index (χ2v) is 6.39. The molecule has 6 heteroatoms. The molecular formula is C18H26N4OS. The lowest BCUT2D eigenvalue weighted by atomic mass is 10.1. The number of hydrogen-bond donors (Lipinski definition) is 1. The number of carbonyl (C=O) groups excluding carboxylic acids is 1. The van der Waals surface area contributed by atoms with Crippen LogP contribution in [-0.4, -0.2) is 38.7 Å². The number of amides is 1. The molecule has 1 N–H and O–H groups in total. The predicted molar refractivity (Wildman–Crippen MR) is 99.4 cm³/mol. The minimum absolute atomic E-state index is 0.177. The topological polar surface area (TPSA) is 53.9 Å². The monoisotopic (exact) mass is 346 g/mol. The van der Waals surface area contributed by atoms with Gasteiger partial charge in [-0.15, -0.1) is 0 Å². The molecule has 0 aliphatic carbocycles. The zero-order chi connectivity index (χ0) is 17.5. The highest BCUT2D eigenvalue weighted by Crippen LogP contribution is 2.18. The molecule has 2 rings (SSSR count). The van der Waals surface area contributed by atoms with E-state index in [2.05, 4.69) is 31.0 Å². The Morgan fingerprint density at radius 1 is 1.21 bits per heavy atom. The van der Waals surface area contributed by atoms with E-state index in [0.717, 1.165) is 37.3 Å². The molecule has 0 aliphatic rings. The molecule has 1 amide bonds. The van der Waals surface area contributed by atoms with Gasteiger partial charge in [0.05, 0.1) is 0 Å². The van der Waals surface area contributed by atoms with Crippen LogP contribution in [0.1, 0.15) is 38.7 Å². The van der Waals surface area contributed by atoms with Crippen molar-refractivity contribution < 1.29 is 4.79 Å². The van der Waals surface area contributed by atoms with E-state index in [9.17, 15) is 4.79 Å². The first-order valence-electron chi connectivity index (χ1n) is 8.56. The van der Waals surface area contributed by atoms with Gasteiger partial charge < -0.3 is 4.90 Å². The molecular weight excluding hydrogens is 320 g/mol. The summed E-state index contributed by atoms with van der Waals surface area (Å²) in [5.41, 5.74) is 2.20. The van der Waals surface area contributed by atoms with E-state index in [4.69, 9.17) is 12.2 Å². The van der Waals surface area contributed by atoms with Gasteiger partial charge in [0, 0.05) is 31.6 Å². The Morgan fingerprint density at radius 3 is 2.42 bits per heavy atom. The summed E-state index contributed by atoms with van der Waals surface area (Å²) in [5.74, 6) is 0.960. The molecule has 0 atom stereocenters. The Kier molecular flexibility index (Phi) is 6.73. The van der Waals surface area contributed by atoms with Crippen LogP contribution in [-0.2, 0) is 11.3 Å². The van der Waals surface area contributed by atoms with Gasteiger partial charge in [0.15, 0.2) is 10.6 Å². The van der Waals surface area contributed by atoms with Gasteiger partial charge in [0.25, 0.3) is 0 Å². The van der Waals surface area contributed by atoms with Gasteiger partial charge in [-0.3, -0.25) is 14.5 Å². The second kappa shape index (κ2) is 8.78. The largest absolute Gasteiger partial charge is 0.343 e. The Labute approximate surface area is 148 Å². The van der Waals surface area contributed by atoms with Crippen molar-refractivity contribution in [2.45, 2.75) is 46.6 Å². The third-order valence-electron chi connectivity index (χ3n) is 3.96. The molecule has 1 heterocycles. The van der Waals surface area contributed by atoms with Crippen molar-refractivity contribution in [1.29, 1.82) is 0 Å². The van der Waals surface area contributed by atoms with Crippen molar-refractivity contribution >= 4 is 18.1 Å². The summed E-state index contributed by atoms with van der Waals surface area (Å²) in [4.78, 5) is 14.4. The first-order chi connectivity index (χ1) is 11.6. The molecule has 0 unspecified atom stereocenters. The minimum atomic E-state index is 0.177. The molecule has 0 bridgehead atoms. The zero-order valence-corrected chi connectivity index (χ0v) is 15.5. The number of aromatic nitrogens is 3. The molecule has 0 saturated heterocycles. The van der Waals surface area contributed by atoms with Gasteiger partial charge in [0.2, 0.25) is 5.91 Å². The van der Waals surface area contributed by atoms with E-state index in [-0.39, 0.29) is 5.91 Å². The highest BCUT2D eigenvalue weighted by molar-refractivity contribution is 7.71. The summed E-state index contributed by atoms with van der Waals surface area (Å²) < 4.78 is 2.46. The Morgan fingerprint density at radius 2 is 1.83 bits per heavy atom. The average molecular weight is 346 g/mol. The summed E-state index contributed by atoms with van der Waals surface area (Å²) in [7, 11) is 0. The zero-order valence-electron chi connectivity index (χ0n) is 14.7. The smallest absolute Gasteiger partial charge is 0.224 e. The lowest BCUT2D eigenvalue weighted by molar-refractivity contribution is -0.131. The molecule has 1 aromatic heterocycles. The highest BCUT2D eigenvalue weighted by Gasteiger charge is 2.14. The van der Waals surface area contributed by atoms with Crippen LogP contribution in [0.2, 0.25) is 0 Å². The van der Waals surface area contributed by atoms with Crippen LogP contribution in [0.3, 0.4) is 0 Å². The number of aromatic amines is 1. The summed E-state index contributed by atoms with van der Waals surface area (Å²) in [6.45, 7) is 8.41. The molecule has 0 aliphatic heterocycles. The molecule has 0 saturated carbocycles. The fourth-order valence-electron chi connectivity index (χ4n) is 2.71. The molecule has 1 aromatic carbocycles. The molecule has 5 nitrogen and oxygen atoms in total. The van der Waals surface area contributed by atoms with Crippen molar-refractivity contribution in [1.82, 2.24) is 19.7 Å². The molecule has 2 aromatic rings. The van der Waals surface area contributed by atoms with Crippen LogP contribution in [0, 0.1) is 11.7 Å². The normalized spacial score (nSPS) is 10.8. The summed E-state index contributed by atoms with van der Waals surface area (Å²) in [6.07, 6.45) is 2.39. The predicted octanol–water partition coefficient (Wildman–Crippen LogP) is 3.95. The number of H-pyrrole nitrogens is 1. The van der Waals surface area contributed by atoms with E-state index < -0.39 is 0 Å². The van der Waals surface area contributed by atoms with E-state index in [1.165, 1.54) is 5.56 Å². The van der Waals surface area contributed by atoms with E-state index in [1.807, 2.05) is 33.7 Å². The van der Waals surface area contributed by atoms with Crippen LogP contribution in [0.25, 0.3) is 11.4 Å². The Bertz CT molecular complexity index is 711. The maximum absolute atomic E-state index is 12.5. The number of carbonyl (C=O) groups is 1. The van der Waals surface area contributed by atoms with Crippen molar-refractivity contribution in [3.05, 3.63) is 34.6 Å². The van der Waals surface area contributed by atoms with Crippen LogP contribution in [0.4, 0.5) is 0 Å². The first kappa shape index (κ1) is 18.4. The maximum atomic E-state index is 12.5. The fraction of sp³-hybridized carbons (Fsp3) is 0.500. The lowest BCUT2D eigenvalue weighted by Crippen LogP contribution is -2.33. The molecule has 0 spiro atoms. The summed E-state index contributed by atoms with van der Waals surface area (Å²) in [6, 6.07) is 8.15. The molecule has 0 radical (unpaired) electrons. The summed E-state index contributed by atoms with van der Waals surface area (Å²) >= 11 is 5.34. The quantitative estimate of drug-likeness (QED) is 0.736. The van der Waals surface area contributed by atoms with Gasteiger partial charge >= 0.3 is 0 Å².